The molecule has 6 heteroatoms. The lowest BCUT2D eigenvalue weighted by atomic mass is 9.92. The fourth-order valence-corrected chi connectivity index (χ4v) is 4.11. The summed E-state index contributed by atoms with van der Waals surface area (Å²) in [4.78, 5) is 15.4. The first kappa shape index (κ1) is 17.2. The lowest BCUT2D eigenvalue weighted by Gasteiger charge is -2.32. The molecule has 0 radical (unpaired) electrons. The maximum absolute atomic E-state index is 14.3. The summed E-state index contributed by atoms with van der Waals surface area (Å²) in [6, 6.07) is 10.0. The largest absolute Gasteiger partial charge is 0.467 e. The van der Waals surface area contributed by atoms with Crippen LogP contribution in [0.4, 0.5) is 4.39 Å². The van der Waals surface area contributed by atoms with Crippen LogP contribution in [0, 0.1) is 11.7 Å². The quantitative estimate of drug-likeness (QED) is 0.885. The van der Waals surface area contributed by atoms with Gasteiger partial charge in [-0.2, -0.15) is 0 Å². The van der Waals surface area contributed by atoms with Crippen molar-refractivity contribution in [1.29, 1.82) is 0 Å². The number of carbonyl (C=O) groups excluding carboxylic acids is 1. The van der Waals surface area contributed by atoms with Gasteiger partial charge in [-0.15, -0.1) is 0 Å². The normalized spacial score (nSPS) is 26.7. The van der Waals surface area contributed by atoms with Gasteiger partial charge in [-0.05, 0) is 31.0 Å². The van der Waals surface area contributed by atoms with Crippen LogP contribution in [-0.2, 0) is 4.79 Å². The van der Waals surface area contributed by atoms with Gasteiger partial charge in [-0.1, -0.05) is 31.0 Å². The lowest BCUT2D eigenvalue weighted by Crippen LogP contribution is -2.41. The molecule has 26 heavy (non-hydrogen) atoms. The van der Waals surface area contributed by atoms with Gasteiger partial charge in [-0.3, -0.25) is 10.2 Å². The zero-order chi connectivity index (χ0) is 17.9. The standard InChI is InChI=1S/C20H24FN3O2/c21-16-8-4-3-7-14(16)19-15(13-22-23-19)20(25)24-11-5-1-2-9-17(24)18-10-6-12-26-18/h3-4,6-8,10,12,15,17,19,22-23H,1-2,5,9,11,13H2. The Hall–Kier alpha value is -2.18. The maximum atomic E-state index is 14.3. The van der Waals surface area contributed by atoms with Gasteiger partial charge in [-0.25, -0.2) is 9.82 Å². The number of hydrogen-bond donors (Lipinski definition) is 2. The van der Waals surface area contributed by atoms with Gasteiger partial charge in [0.05, 0.1) is 24.3 Å². The van der Waals surface area contributed by atoms with E-state index < -0.39 is 0 Å². The zero-order valence-electron chi connectivity index (χ0n) is 14.7. The van der Waals surface area contributed by atoms with Crippen molar-refractivity contribution in [2.45, 2.75) is 37.8 Å². The molecule has 4 rings (SSSR count). The van der Waals surface area contributed by atoms with Crippen LogP contribution in [0.3, 0.4) is 0 Å². The molecule has 0 aliphatic carbocycles. The molecule has 1 aromatic heterocycles. The lowest BCUT2D eigenvalue weighted by molar-refractivity contribution is -0.138. The van der Waals surface area contributed by atoms with Crippen LogP contribution in [0.1, 0.15) is 49.1 Å². The van der Waals surface area contributed by atoms with Crippen LogP contribution in [0.2, 0.25) is 0 Å². The molecule has 2 aromatic rings. The highest BCUT2D eigenvalue weighted by Crippen LogP contribution is 2.35. The molecule has 1 amide bonds. The van der Waals surface area contributed by atoms with Crippen LogP contribution in [-0.4, -0.2) is 23.9 Å². The Morgan fingerprint density at radius 3 is 2.85 bits per heavy atom. The van der Waals surface area contributed by atoms with Crippen LogP contribution in [0.25, 0.3) is 0 Å². The molecule has 2 aliphatic heterocycles. The van der Waals surface area contributed by atoms with Crippen LogP contribution in [0.15, 0.2) is 47.1 Å². The molecule has 0 saturated carbocycles. The first-order chi connectivity index (χ1) is 12.8. The number of amides is 1. The second-order valence-corrected chi connectivity index (χ2v) is 7.04. The number of likely N-dealkylation sites (tertiary alicyclic amines) is 1. The molecule has 0 bridgehead atoms. The Morgan fingerprint density at radius 2 is 2.04 bits per heavy atom. The molecule has 3 unspecified atom stereocenters. The monoisotopic (exact) mass is 357 g/mol. The summed E-state index contributed by atoms with van der Waals surface area (Å²) in [6.45, 7) is 1.20. The second kappa shape index (κ2) is 7.60. The summed E-state index contributed by atoms with van der Waals surface area (Å²) >= 11 is 0. The summed E-state index contributed by atoms with van der Waals surface area (Å²) in [7, 11) is 0. The van der Waals surface area contributed by atoms with Gasteiger partial charge in [0.2, 0.25) is 5.91 Å². The number of halogens is 1. The topological polar surface area (TPSA) is 57.5 Å². The van der Waals surface area contributed by atoms with Crippen LogP contribution < -0.4 is 10.9 Å². The highest BCUT2D eigenvalue weighted by atomic mass is 19.1. The zero-order valence-corrected chi connectivity index (χ0v) is 14.7. The predicted molar refractivity (Wildman–Crippen MR) is 95.4 cm³/mol. The summed E-state index contributed by atoms with van der Waals surface area (Å²) in [5, 5.41) is 0. The Kier molecular flexibility index (Phi) is 5.04. The number of carbonyl (C=O) groups is 1. The first-order valence-corrected chi connectivity index (χ1v) is 9.32. The van der Waals surface area contributed by atoms with Crippen molar-refractivity contribution in [3.63, 3.8) is 0 Å². The van der Waals surface area contributed by atoms with E-state index in [0.717, 1.165) is 31.4 Å². The Bertz CT molecular complexity index is 749. The smallest absolute Gasteiger partial charge is 0.229 e. The average Bonchev–Trinajstić information content (AvgIpc) is 3.29. The highest BCUT2D eigenvalue weighted by Gasteiger charge is 2.40. The van der Waals surface area contributed by atoms with Crippen molar-refractivity contribution in [2.75, 3.05) is 13.1 Å². The van der Waals surface area contributed by atoms with E-state index in [9.17, 15) is 9.18 Å². The first-order valence-electron chi connectivity index (χ1n) is 9.32. The Labute approximate surface area is 152 Å². The average molecular weight is 357 g/mol. The minimum Gasteiger partial charge on any atom is -0.467 e. The van der Waals surface area contributed by atoms with E-state index in [1.165, 1.54) is 6.07 Å². The van der Waals surface area contributed by atoms with Gasteiger partial charge in [0.1, 0.15) is 11.6 Å². The van der Waals surface area contributed by atoms with Gasteiger partial charge in [0.25, 0.3) is 0 Å². The molecular weight excluding hydrogens is 333 g/mol. The van der Waals surface area contributed by atoms with E-state index in [1.807, 2.05) is 17.0 Å². The molecular formula is C20H24FN3O2. The highest BCUT2D eigenvalue weighted by molar-refractivity contribution is 5.81. The van der Waals surface area contributed by atoms with Crippen LogP contribution >= 0.6 is 0 Å². The third kappa shape index (κ3) is 3.27. The minimum atomic E-state index is -0.371. The van der Waals surface area contributed by atoms with Gasteiger partial charge >= 0.3 is 0 Å². The molecule has 3 atom stereocenters. The van der Waals surface area contributed by atoms with E-state index in [-0.39, 0.29) is 29.7 Å². The fraction of sp³-hybridized carbons (Fsp3) is 0.450. The molecule has 1 aromatic carbocycles. The van der Waals surface area contributed by atoms with E-state index in [2.05, 4.69) is 10.9 Å². The number of nitrogens with zero attached hydrogens (tertiary/aromatic N) is 1. The fourth-order valence-electron chi connectivity index (χ4n) is 4.11. The summed E-state index contributed by atoms with van der Waals surface area (Å²) < 4.78 is 19.9. The van der Waals surface area contributed by atoms with E-state index >= 15 is 0 Å². The van der Waals surface area contributed by atoms with E-state index in [0.29, 0.717) is 18.7 Å². The van der Waals surface area contributed by atoms with E-state index in [1.54, 1.807) is 24.5 Å². The summed E-state index contributed by atoms with van der Waals surface area (Å²) in [6.07, 6.45) is 5.73. The molecule has 2 fully saturated rings. The van der Waals surface area contributed by atoms with Gasteiger partial charge in [0.15, 0.2) is 0 Å². The van der Waals surface area contributed by atoms with Crippen molar-refractivity contribution in [3.05, 3.63) is 59.8 Å². The third-order valence-corrected chi connectivity index (χ3v) is 5.45. The van der Waals surface area contributed by atoms with E-state index in [4.69, 9.17) is 4.42 Å². The van der Waals surface area contributed by atoms with Crippen molar-refractivity contribution in [3.8, 4) is 0 Å². The van der Waals surface area contributed by atoms with Crippen molar-refractivity contribution in [2.24, 2.45) is 5.92 Å². The van der Waals surface area contributed by atoms with Crippen molar-refractivity contribution in [1.82, 2.24) is 15.8 Å². The number of hydrogen-bond acceptors (Lipinski definition) is 4. The molecule has 0 spiro atoms. The predicted octanol–water partition coefficient (Wildman–Crippen LogP) is 3.33. The summed E-state index contributed by atoms with van der Waals surface area (Å²) in [5.41, 5.74) is 6.66. The Balaban J connectivity index is 1.61. The van der Waals surface area contributed by atoms with Gasteiger partial charge < -0.3 is 9.32 Å². The number of benzene rings is 1. The molecule has 2 saturated heterocycles. The molecule has 2 aliphatic rings. The summed E-state index contributed by atoms with van der Waals surface area (Å²) in [5.74, 6) is 0.257. The molecule has 138 valence electrons. The molecule has 5 nitrogen and oxygen atoms in total. The molecule has 3 heterocycles. The number of furan rings is 1. The Morgan fingerprint density at radius 1 is 1.15 bits per heavy atom. The maximum Gasteiger partial charge on any atom is 0.229 e. The number of hydrazine groups is 1. The van der Waals surface area contributed by atoms with Gasteiger partial charge in [0, 0.05) is 18.7 Å². The number of nitrogens with one attached hydrogen (secondary N) is 2. The second-order valence-electron chi connectivity index (χ2n) is 7.04. The molecule has 2 N–H and O–H groups in total. The van der Waals surface area contributed by atoms with Crippen molar-refractivity contribution >= 4 is 5.91 Å². The third-order valence-electron chi connectivity index (χ3n) is 5.45. The number of rotatable bonds is 3. The SMILES string of the molecule is O=C(C1CNNC1c1ccccc1F)N1CCCCCC1c1ccco1. The minimum absolute atomic E-state index is 0.0399. The van der Waals surface area contributed by atoms with Crippen molar-refractivity contribution < 1.29 is 13.6 Å². The van der Waals surface area contributed by atoms with Crippen LogP contribution in [0.5, 0.6) is 0 Å².